The van der Waals surface area contributed by atoms with Gasteiger partial charge in [-0.1, -0.05) is 152 Å². The second kappa shape index (κ2) is 16.7. The van der Waals surface area contributed by atoms with Crippen LogP contribution in [0.15, 0.2) is 233 Å². The largest absolute Gasteiger partial charge is 0.309 e. The maximum atomic E-state index is 10.4. The van der Waals surface area contributed by atoms with E-state index >= 15 is 0 Å². The molecule has 0 radical (unpaired) electrons. The lowest BCUT2D eigenvalue weighted by atomic mass is 9.95. The SMILES string of the molecule is C=N/C(=N\C(=N/Cc1ccccc1)c1ccccc1)c1cc(C#N)cc(-c2cccc3c2c2ccccc2n3-c2ccc(-c3ccc4c5ccccc5n(-c5ccccc5)c4c3)cc2)c1. The Labute approximate surface area is 376 Å². The monoisotopic (exact) mass is 832 g/mol. The van der Waals surface area contributed by atoms with Crippen molar-refractivity contribution in [2.24, 2.45) is 15.0 Å². The number of rotatable bonds is 8. The molecule has 0 aliphatic carbocycles. The smallest absolute Gasteiger partial charge is 0.161 e. The van der Waals surface area contributed by atoms with Crippen LogP contribution in [-0.2, 0) is 6.54 Å². The molecule has 9 aromatic carbocycles. The van der Waals surface area contributed by atoms with E-state index in [4.69, 9.17) is 9.98 Å². The fourth-order valence-corrected chi connectivity index (χ4v) is 9.14. The van der Waals surface area contributed by atoms with Crippen molar-refractivity contribution in [2.75, 3.05) is 0 Å². The van der Waals surface area contributed by atoms with E-state index < -0.39 is 0 Å². The Kier molecular flexibility index (Phi) is 10.0. The Bertz CT molecular complexity index is 3680. The molecule has 0 atom stereocenters. The minimum absolute atomic E-state index is 0.384. The molecule has 65 heavy (non-hydrogen) atoms. The van der Waals surface area contributed by atoms with Crippen LogP contribution < -0.4 is 0 Å². The van der Waals surface area contributed by atoms with E-state index in [0.717, 1.165) is 66.6 Å². The molecule has 11 rings (SSSR count). The summed E-state index contributed by atoms with van der Waals surface area (Å²) in [6, 6.07) is 77.9. The maximum Gasteiger partial charge on any atom is 0.161 e. The average Bonchev–Trinajstić information content (AvgIpc) is 3.90. The molecule has 0 aliphatic heterocycles. The molecule has 0 fully saturated rings. The highest BCUT2D eigenvalue weighted by molar-refractivity contribution is 6.17. The minimum Gasteiger partial charge on any atom is -0.309 e. The molecular formula is C59H40N6. The van der Waals surface area contributed by atoms with E-state index in [2.05, 4.69) is 173 Å². The van der Waals surface area contributed by atoms with Crippen LogP contribution in [0.4, 0.5) is 0 Å². The van der Waals surface area contributed by atoms with E-state index in [1.807, 2.05) is 72.8 Å². The molecule has 0 saturated carbocycles. The summed E-state index contributed by atoms with van der Waals surface area (Å²) in [4.78, 5) is 14.4. The van der Waals surface area contributed by atoms with Crippen molar-refractivity contribution >= 4 is 62.0 Å². The van der Waals surface area contributed by atoms with Gasteiger partial charge in [0.1, 0.15) is 0 Å². The first-order valence-corrected chi connectivity index (χ1v) is 21.6. The van der Waals surface area contributed by atoms with Crippen LogP contribution in [0.5, 0.6) is 0 Å². The van der Waals surface area contributed by atoms with Crippen molar-refractivity contribution in [1.29, 1.82) is 5.26 Å². The molecular weight excluding hydrogens is 793 g/mol. The van der Waals surface area contributed by atoms with Crippen LogP contribution in [0.25, 0.3) is 77.2 Å². The number of nitriles is 1. The number of amidine groups is 2. The molecule has 6 nitrogen and oxygen atoms in total. The van der Waals surface area contributed by atoms with Crippen LogP contribution in [0.3, 0.4) is 0 Å². The summed E-state index contributed by atoms with van der Waals surface area (Å²) in [6.07, 6.45) is 0. The van der Waals surface area contributed by atoms with E-state index in [1.165, 1.54) is 21.8 Å². The zero-order chi connectivity index (χ0) is 43.7. The number of aliphatic imine (C=N–C) groups is 3. The fourth-order valence-electron chi connectivity index (χ4n) is 9.14. The summed E-state index contributed by atoms with van der Waals surface area (Å²) in [7, 11) is 0. The summed E-state index contributed by atoms with van der Waals surface area (Å²) in [6.45, 7) is 4.38. The fraction of sp³-hybridized carbons (Fsp3) is 0.0169. The number of benzene rings is 9. The molecule has 306 valence electrons. The molecule has 0 saturated heterocycles. The van der Waals surface area contributed by atoms with Gasteiger partial charge in [0.2, 0.25) is 0 Å². The van der Waals surface area contributed by atoms with E-state index in [1.54, 1.807) is 0 Å². The third-order valence-electron chi connectivity index (χ3n) is 12.1. The standard InChI is InChI=1S/C59H40N6/c1-61-58(63-59(43-18-7-3-8-19-43)62-39-40-16-5-2-6-17-40)46-35-41(38-60)34-45(36-46)49-24-15-27-55-57(49)52-23-12-14-26-54(52)64(55)48-31-28-42(29-32-48)44-30-33-51-50-22-11-13-25-53(50)65(56(51)37-44)47-20-9-4-10-21-47/h2-37H,1,39H2/b62-59-,63-58-. The molecule has 0 bridgehead atoms. The Balaban J connectivity index is 1.00. The van der Waals surface area contributed by atoms with Crippen LogP contribution in [0, 0.1) is 11.3 Å². The first-order valence-electron chi connectivity index (χ1n) is 21.6. The van der Waals surface area contributed by atoms with Gasteiger partial charge in [-0.05, 0) is 101 Å². The second-order valence-corrected chi connectivity index (χ2v) is 16.0. The second-order valence-electron chi connectivity index (χ2n) is 16.0. The van der Waals surface area contributed by atoms with Gasteiger partial charge < -0.3 is 9.13 Å². The Morgan fingerprint density at radius 1 is 0.462 bits per heavy atom. The molecule has 0 N–H and O–H groups in total. The lowest BCUT2D eigenvalue weighted by Crippen LogP contribution is -2.06. The predicted octanol–water partition coefficient (Wildman–Crippen LogP) is 14.2. The van der Waals surface area contributed by atoms with E-state index in [-0.39, 0.29) is 0 Å². The molecule has 2 heterocycles. The molecule has 0 spiro atoms. The number of aromatic nitrogens is 2. The Morgan fingerprint density at radius 3 is 1.80 bits per heavy atom. The van der Waals surface area contributed by atoms with Gasteiger partial charge in [0, 0.05) is 44.0 Å². The van der Waals surface area contributed by atoms with Gasteiger partial charge in [-0.3, -0.25) is 4.99 Å². The summed E-state index contributed by atoms with van der Waals surface area (Å²) >= 11 is 0. The van der Waals surface area contributed by atoms with Gasteiger partial charge in [0.25, 0.3) is 0 Å². The summed E-state index contributed by atoms with van der Waals surface area (Å²) in [5.41, 5.74) is 14.0. The topological polar surface area (TPSA) is 70.7 Å². The lowest BCUT2D eigenvalue weighted by molar-refractivity contribution is 1.06. The van der Waals surface area contributed by atoms with Gasteiger partial charge in [0.05, 0.1) is 40.2 Å². The van der Waals surface area contributed by atoms with Gasteiger partial charge in [-0.2, -0.15) is 5.26 Å². The third-order valence-corrected chi connectivity index (χ3v) is 12.1. The lowest BCUT2D eigenvalue weighted by Gasteiger charge is -2.12. The number of hydrogen-bond acceptors (Lipinski definition) is 2. The van der Waals surface area contributed by atoms with E-state index in [9.17, 15) is 5.26 Å². The number of fused-ring (bicyclic) bond motifs is 6. The normalized spacial score (nSPS) is 12.0. The van der Waals surface area contributed by atoms with Crippen molar-refractivity contribution in [3.63, 3.8) is 0 Å². The van der Waals surface area contributed by atoms with Crippen molar-refractivity contribution < 1.29 is 0 Å². The third kappa shape index (κ3) is 7.17. The number of nitrogens with zero attached hydrogens (tertiary/aromatic N) is 6. The minimum atomic E-state index is 0.384. The van der Waals surface area contributed by atoms with Crippen LogP contribution >= 0.6 is 0 Å². The van der Waals surface area contributed by atoms with Crippen molar-refractivity contribution in [1.82, 2.24) is 9.13 Å². The molecule has 0 unspecified atom stereocenters. The Morgan fingerprint density at radius 2 is 1.06 bits per heavy atom. The summed E-state index contributed by atoms with van der Waals surface area (Å²) in [5.74, 6) is 0.919. The number of para-hydroxylation sites is 3. The van der Waals surface area contributed by atoms with Crippen LogP contribution in [0.1, 0.15) is 22.3 Å². The first-order chi connectivity index (χ1) is 32.1. The summed E-state index contributed by atoms with van der Waals surface area (Å²) < 4.78 is 4.69. The summed E-state index contributed by atoms with van der Waals surface area (Å²) in [5, 5.41) is 15.1. The number of hydrogen-bond donors (Lipinski definition) is 0. The van der Waals surface area contributed by atoms with Gasteiger partial charge in [0.15, 0.2) is 11.7 Å². The zero-order valence-electron chi connectivity index (χ0n) is 35.4. The molecule has 6 heteroatoms. The van der Waals surface area contributed by atoms with Gasteiger partial charge in [-0.25, -0.2) is 9.98 Å². The van der Waals surface area contributed by atoms with E-state index in [0.29, 0.717) is 29.3 Å². The predicted molar refractivity (Wildman–Crippen MR) is 270 cm³/mol. The average molecular weight is 833 g/mol. The highest BCUT2D eigenvalue weighted by atomic mass is 15.0. The van der Waals surface area contributed by atoms with Gasteiger partial charge in [-0.15, -0.1) is 0 Å². The van der Waals surface area contributed by atoms with Crippen LogP contribution in [0.2, 0.25) is 0 Å². The Hall–Kier alpha value is -8.92. The zero-order valence-corrected chi connectivity index (χ0v) is 35.4. The maximum absolute atomic E-state index is 10.4. The van der Waals surface area contributed by atoms with Crippen LogP contribution in [-0.4, -0.2) is 27.5 Å². The van der Waals surface area contributed by atoms with Crippen molar-refractivity contribution in [3.8, 4) is 39.7 Å². The van der Waals surface area contributed by atoms with Crippen molar-refractivity contribution in [2.45, 2.75) is 6.54 Å². The highest BCUT2D eigenvalue weighted by Gasteiger charge is 2.19. The van der Waals surface area contributed by atoms with Crippen molar-refractivity contribution in [3.05, 3.63) is 241 Å². The quantitative estimate of drug-likeness (QED) is 0.111. The molecule has 11 aromatic rings. The molecule has 0 aliphatic rings. The highest BCUT2D eigenvalue weighted by Crippen LogP contribution is 2.40. The van der Waals surface area contributed by atoms with Gasteiger partial charge >= 0.3 is 0 Å². The molecule has 0 amide bonds. The molecule has 2 aromatic heterocycles. The first kappa shape index (κ1) is 39.0.